The van der Waals surface area contributed by atoms with Gasteiger partial charge >= 0.3 is 11.9 Å². The number of hydrogen-bond donors (Lipinski definition) is 5. The third-order valence-electron chi connectivity index (χ3n) is 46.7. The molecule has 0 amide bonds. The summed E-state index contributed by atoms with van der Waals surface area (Å²) in [6, 6.07) is 1.90. The van der Waals surface area contributed by atoms with Gasteiger partial charge in [-0.25, -0.2) is 9.67 Å². The van der Waals surface area contributed by atoms with Crippen molar-refractivity contribution in [3.05, 3.63) is 31.1 Å². The fraction of sp³-hybridized carbons (Fsp3) is 0.899. The van der Waals surface area contributed by atoms with Crippen molar-refractivity contribution in [1.82, 2.24) is 24.5 Å². The molecule has 20 aliphatic carbocycles. The van der Waals surface area contributed by atoms with E-state index in [1.54, 1.807) is 33.6 Å². The van der Waals surface area contributed by atoms with Gasteiger partial charge in [-0.2, -0.15) is 22.0 Å². The summed E-state index contributed by atoms with van der Waals surface area (Å²) in [6.45, 7) is 26.9. The molecule has 20 fully saturated rings. The van der Waals surface area contributed by atoms with Crippen LogP contribution in [-0.4, -0.2) is 144 Å². The first-order valence-corrected chi connectivity index (χ1v) is 59.3. The van der Waals surface area contributed by atoms with Crippen LogP contribution in [0.25, 0.3) is 0 Å². The predicted molar refractivity (Wildman–Crippen MR) is 544 cm³/mol. The van der Waals surface area contributed by atoms with Crippen molar-refractivity contribution in [1.29, 1.82) is 0 Å². The molecular weight excluding hydrogens is 1760 g/mol. The Bertz CT molecular complexity index is 4350. The fourth-order valence-corrected chi connectivity index (χ4v) is 41.1. The molecule has 778 valence electrons. The molecular formula is C119H187N5O14S. The van der Waals surface area contributed by atoms with Crippen LogP contribution in [0.15, 0.2) is 31.1 Å². The molecule has 0 spiro atoms. The molecule has 22 rings (SSSR count). The van der Waals surface area contributed by atoms with E-state index in [1.165, 1.54) is 173 Å². The minimum atomic E-state index is -0.461. The lowest BCUT2D eigenvalue weighted by atomic mass is 9.49. The van der Waals surface area contributed by atoms with Gasteiger partial charge < -0.3 is 35.0 Å². The number of fused-ring (bicyclic) bond motifs is 25. The van der Waals surface area contributed by atoms with Crippen molar-refractivity contribution in [3.8, 4) is 0 Å². The first kappa shape index (κ1) is 105. The van der Waals surface area contributed by atoms with Crippen LogP contribution < -0.4 is 0 Å². The van der Waals surface area contributed by atoms with Crippen LogP contribution in [0.2, 0.25) is 0 Å². The predicted octanol–water partition coefficient (Wildman–Crippen LogP) is 23.1. The third kappa shape index (κ3) is 21.1. The highest BCUT2D eigenvalue weighted by molar-refractivity contribution is 7.99. The molecule has 20 heteroatoms. The summed E-state index contributed by atoms with van der Waals surface area (Å²) in [5.41, 5.74) is -1.40. The van der Waals surface area contributed by atoms with Gasteiger partial charge in [-0.3, -0.25) is 38.2 Å². The van der Waals surface area contributed by atoms with Gasteiger partial charge in [0.25, 0.3) is 0 Å². The first-order chi connectivity index (χ1) is 66.1. The largest absolute Gasteiger partial charge is 0.458 e. The Kier molecular flexibility index (Phi) is 31.4. The number of aliphatic hydroxyl groups is 5. The zero-order valence-corrected chi connectivity index (χ0v) is 89.3. The molecule has 19 nitrogen and oxygen atoms in total. The molecule has 5 N–H and O–H groups in total. The summed E-state index contributed by atoms with van der Waals surface area (Å²) in [4.78, 5) is 92.3. The van der Waals surface area contributed by atoms with Gasteiger partial charge in [0, 0.05) is 54.8 Å². The Labute approximate surface area is 840 Å². The first-order valence-electron chi connectivity index (χ1n) is 58.0. The van der Waals surface area contributed by atoms with Gasteiger partial charge in [0.1, 0.15) is 38.2 Å². The molecule has 0 radical (unpaired) electrons. The molecule has 0 aliphatic heterocycles. The second kappa shape index (κ2) is 41.7. The van der Waals surface area contributed by atoms with E-state index in [2.05, 4.69) is 56.1 Å². The van der Waals surface area contributed by atoms with Crippen LogP contribution in [0, 0.1) is 205 Å². The Morgan fingerprint density at radius 1 is 0.317 bits per heavy atom. The quantitative estimate of drug-likeness (QED) is 0.0817. The number of hydrogen-bond acceptors (Lipinski definition) is 18. The number of carbonyl (C=O) groups excluding carboxylic acids is 7. The van der Waals surface area contributed by atoms with Crippen molar-refractivity contribution < 1.29 is 68.6 Å². The Balaban J connectivity index is 0.000000115. The summed E-state index contributed by atoms with van der Waals surface area (Å²) in [6.07, 6.45) is 63.6. The number of ether oxygens (including phenoxy) is 2. The monoisotopic (exact) mass is 1940 g/mol. The minimum absolute atomic E-state index is 0.0281. The van der Waals surface area contributed by atoms with E-state index in [4.69, 9.17) is 9.47 Å². The highest BCUT2D eigenvalue weighted by Crippen LogP contribution is 2.72. The van der Waals surface area contributed by atoms with Gasteiger partial charge in [0.2, 0.25) is 0 Å². The number of carbonyl (C=O) groups is 7. The molecule has 0 aromatic carbocycles. The van der Waals surface area contributed by atoms with Gasteiger partial charge in [-0.1, -0.05) is 48.5 Å². The minimum Gasteiger partial charge on any atom is -0.458 e. The number of Topliss-reactive ketones (excluding diaryl/α,β-unsaturated/α-hetero) is 5. The van der Waals surface area contributed by atoms with Gasteiger partial charge in [0.05, 0.1) is 40.3 Å². The van der Waals surface area contributed by atoms with Gasteiger partial charge in [-0.15, -0.1) is 0 Å². The van der Waals surface area contributed by atoms with Crippen LogP contribution in [0.5, 0.6) is 0 Å². The lowest BCUT2D eigenvalue weighted by Crippen LogP contribution is -2.51. The number of esters is 2. The zero-order chi connectivity index (χ0) is 98.5. The van der Waals surface area contributed by atoms with Gasteiger partial charge in [-0.05, 0) is 524 Å². The Morgan fingerprint density at radius 3 is 0.835 bits per heavy atom. The number of aromatic nitrogens is 5. The average molecular weight is 1940 g/mol. The maximum absolute atomic E-state index is 13.1. The normalized spacial score (nSPS) is 48.0. The van der Waals surface area contributed by atoms with Crippen molar-refractivity contribution in [3.63, 3.8) is 0 Å². The van der Waals surface area contributed by atoms with E-state index in [0.29, 0.717) is 84.5 Å². The summed E-state index contributed by atoms with van der Waals surface area (Å²) in [5.74, 6) is 21.9. The lowest BCUT2D eigenvalue weighted by molar-refractivity contribution is -0.151. The number of nitrogens with zero attached hydrogens (tertiary/aromatic N) is 5. The molecule has 2 heterocycles. The van der Waals surface area contributed by atoms with Crippen molar-refractivity contribution >= 4 is 52.6 Å². The van der Waals surface area contributed by atoms with E-state index >= 15 is 0 Å². The molecule has 0 saturated heterocycles. The SMILES string of the molecule is CCCC(=O)OCC(=O)[C@H]1CC[C@H]2[C@@H]3CC[C@@H]4C[C@](C)(O)CC[C@@H]4[C@H]3CC[C@]12C.CCCC(=O)OCC(=O)[C@H]1CC[C@H]2[C@@H]3CC[C@H]4C[C@](C)(O)CC[C@@H]4[C@H]3CC[C@]12C.CSCC(=O)[C@H]1CC[C@H]2[C@@H]3CC[C@@H]4C[C@](C)(O)CC[C@@H]4[C@H]3CC[C@]12C.C[C@@]1(O)CC[C@H]2[C@H](CC[C@@H]3[C@@H]2CC[C@]2(C)[C@@H](C(=O)Cn4cccn4)CC[C@@H]32)C1.C[C@@]1(O)CC[C@H]2[C@H](CC[C@@H]3[C@@H]2CC[C@]2(C)[C@@H](C(=O)Cn4cncn4)CC[C@@H]32)C1. The van der Waals surface area contributed by atoms with E-state index in [0.717, 1.165) is 253 Å². The van der Waals surface area contributed by atoms with E-state index in [9.17, 15) is 59.1 Å². The lowest BCUT2D eigenvalue weighted by Gasteiger charge is -2.56. The number of rotatable bonds is 19. The van der Waals surface area contributed by atoms with Crippen molar-refractivity contribution in [2.24, 2.45) is 205 Å². The molecule has 2 aromatic heterocycles. The van der Waals surface area contributed by atoms with Gasteiger partial charge in [0.15, 0.2) is 23.1 Å². The van der Waals surface area contributed by atoms with Crippen LogP contribution in [0.4, 0.5) is 0 Å². The highest BCUT2D eigenvalue weighted by Gasteiger charge is 2.66. The molecule has 20 aliphatic rings. The fourth-order valence-electron chi connectivity index (χ4n) is 40.6. The molecule has 0 unspecified atom stereocenters. The highest BCUT2D eigenvalue weighted by atomic mass is 32.2. The molecule has 0 bridgehead atoms. The second-order valence-corrected chi connectivity index (χ2v) is 55.5. The second-order valence-electron chi connectivity index (χ2n) is 54.6. The molecule has 2 aromatic rings. The Hall–Kier alpha value is -4.21. The van der Waals surface area contributed by atoms with Crippen LogP contribution in [0.3, 0.4) is 0 Å². The summed E-state index contributed by atoms with van der Waals surface area (Å²) in [5, 5.41) is 61.1. The smallest absolute Gasteiger partial charge is 0.306 e. The zero-order valence-electron chi connectivity index (χ0n) is 88.4. The molecule has 20 saturated carbocycles. The van der Waals surface area contributed by atoms with E-state index in [-0.39, 0.29) is 87.5 Å². The topological polar surface area (TPSA) is 288 Å². The van der Waals surface area contributed by atoms with Crippen molar-refractivity contribution in [2.75, 3.05) is 25.2 Å². The number of thioether (sulfide) groups is 1. The summed E-state index contributed by atoms with van der Waals surface area (Å²) < 4.78 is 14.0. The summed E-state index contributed by atoms with van der Waals surface area (Å²) >= 11 is 1.70. The third-order valence-corrected chi connectivity index (χ3v) is 47.3. The molecule has 40 atom stereocenters. The maximum atomic E-state index is 13.1. The van der Waals surface area contributed by atoms with Crippen LogP contribution >= 0.6 is 11.8 Å². The standard InChI is InChI=1S/2C25H40O4.C24H36N2O2.C23H35N3O2.C22H36O2S/c2*1-4-5-23(27)29-15-22(26)21-9-8-20-19-7-6-16-14-24(2,28)12-10-17(16)18(19)11-13-25(20,21)3;1-23(28)10-8-17-16(14-23)4-5-19-18(17)9-11-24(2)20(19)6-7-21(24)22(27)15-26-13-3-12-25-26;1-22(28)9-7-16-15(11-22)3-4-18-17(16)8-10-23(2)19(18)5-6-20(23)21(27)12-26-14-24-13-25-26;1-21(24)10-8-15-14(12-21)4-5-17-16(15)9-11-22(2)18(17)6-7-19(22)20(23)13-25-3/h2*16-21,28H,4-15H2,1-3H3;3,12-13,16-21,28H,4-11,14-15H2,1-2H3;13-20,28H,3-12H2,1-2H3;14-19,24H,4-13H2,1-3H3/t16-,17+,18-,19-,20+,21-,24-,25+;16-,17-,18+,19+,20-,21+,24+,25-;16-,17+,18-,19-,20+,21-,23-,24+;15-,16+,17-,18-,19+,20-,22-,23+;14-,15+,16-,17-,18+,19-,21-,22+/m10111/s1. The average Bonchev–Trinajstić information content (AvgIpc) is 1.64. The van der Waals surface area contributed by atoms with E-state index in [1.807, 2.05) is 60.7 Å². The van der Waals surface area contributed by atoms with Crippen LogP contribution in [-0.2, 0) is 56.1 Å². The van der Waals surface area contributed by atoms with Crippen LogP contribution in [0.1, 0.15) is 398 Å². The summed E-state index contributed by atoms with van der Waals surface area (Å²) in [7, 11) is 0. The van der Waals surface area contributed by atoms with Crippen molar-refractivity contribution in [2.45, 2.75) is 439 Å². The Morgan fingerprint density at radius 2 is 0.583 bits per heavy atom. The molecule has 139 heavy (non-hydrogen) atoms. The van der Waals surface area contributed by atoms with E-state index < -0.39 is 28.0 Å². The maximum Gasteiger partial charge on any atom is 0.306 e. The number of ketones is 5.